The number of carbonyl (C=O) groups excluding carboxylic acids is 1. The van der Waals surface area contributed by atoms with Crippen LogP contribution in [0.2, 0.25) is 0 Å². The van der Waals surface area contributed by atoms with Gasteiger partial charge in [0.2, 0.25) is 0 Å². The quantitative estimate of drug-likeness (QED) is 0.862. The maximum absolute atomic E-state index is 12.8. The van der Waals surface area contributed by atoms with Crippen LogP contribution in [0, 0.1) is 5.41 Å². The average molecular weight is 298 g/mol. The lowest BCUT2D eigenvalue weighted by Crippen LogP contribution is -2.57. The first-order valence-electron chi connectivity index (χ1n) is 7.90. The molecule has 120 valence electrons. The van der Waals surface area contributed by atoms with E-state index >= 15 is 0 Å². The molecule has 1 N–H and O–H groups in total. The van der Waals surface area contributed by atoms with Crippen molar-refractivity contribution in [1.29, 1.82) is 0 Å². The van der Waals surface area contributed by atoms with Crippen LogP contribution in [0.3, 0.4) is 0 Å². The Hall–Kier alpha value is -1.30. The van der Waals surface area contributed by atoms with Crippen LogP contribution in [-0.4, -0.2) is 65.8 Å². The Bertz CT molecular complexity index is 401. The highest BCUT2D eigenvalue weighted by molar-refractivity contribution is 5.79. The first kappa shape index (κ1) is 16.1. The zero-order valence-corrected chi connectivity index (χ0v) is 13.0. The highest BCUT2D eigenvalue weighted by atomic mass is 16.5. The van der Waals surface area contributed by atoms with Crippen LogP contribution < -0.4 is 0 Å². The number of carboxylic acids is 1. The fourth-order valence-corrected chi connectivity index (χ4v) is 3.34. The minimum atomic E-state index is -0.781. The van der Waals surface area contributed by atoms with Gasteiger partial charge in [0.25, 0.3) is 0 Å². The van der Waals surface area contributed by atoms with Gasteiger partial charge in [0.05, 0.1) is 24.7 Å². The number of amides is 2. The number of urea groups is 1. The summed E-state index contributed by atoms with van der Waals surface area (Å²) in [5.74, 6) is -0.781. The molecule has 2 fully saturated rings. The minimum absolute atomic E-state index is 0.0241. The summed E-state index contributed by atoms with van der Waals surface area (Å²) in [5.41, 5.74) is -0.776. The predicted molar refractivity (Wildman–Crippen MR) is 78.2 cm³/mol. The van der Waals surface area contributed by atoms with E-state index in [2.05, 4.69) is 0 Å². The molecule has 0 aromatic carbocycles. The summed E-state index contributed by atoms with van der Waals surface area (Å²) in [6.07, 6.45) is 2.83. The van der Waals surface area contributed by atoms with Crippen LogP contribution in [-0.2, 0) is 9.53 Å². The standard InChI is InChI=1S/C15H26N2O4/c1-3-12-10-21-9-8-17(12)14(20)16-7-5-6-15(4-2,11-16)13(18)19/h12H,3-11H2,1-2H3,(H,18,19). The molecule has 21 heavy (non-hydrogen) atoms. The highest BCUT2D eigenvalue weighted by Gasteiger charge is 2.43. The first-order valence-corrected chi connectivity index (χ1v) is 7.90. The van der Waals surface area contributed by atoms with E-state index in [0.717, 1.165) is 12.8 Å². The van der Waals surface area contributed by atoms with Crippen molar-refractivity contribution >= 4 is 12.0 Å². The topological polar surface area (TPSA) is 70.1 Å². The summed E-state index contributed by atoms with van der Waals surface area (Å²) in [6, 6.07) is 0.0814. The van der Waals surface area contributed by atoms with Gasteiger partial charge in [0.1, 0.15) is 0 Å². The first-order chi connectivity index (χ1) is 10.0. The molecule has 2 saturated heterocycles. The number of aliphatic carboxylic acids is 1. The second-order valence-electron chi connectivity index (χ2n) is 6.08. The van der Waals surface area contributed by atoms with Crippen molar-refractivity contribution in [2.24, 2.45) is 5.41 Å². The third kappa shape index (κ3) is 3.15. The van der Waals surface area contributed by atoms with Crippen LogP contribution in [0.5, 0.6) is 0 Å². The van der Waals surface area contributed by atoms with Crippen LogP contribution in [0.1, 0.15) is 39.5 Å². The number of morpholine rings is 1. The lowest BCUT2D eigenvalue weighted by atomic mass is 9.78. The molecule has 0 bridgehead atoms. The average Bonchev–Trinajstić information content (AvgIpc) is 2.53. The number of carboxylic acid groups (broad SMARTS) is 1. The maximum atomic E-state index is 12.8. The fraction of sp³-hybridized carbons (Fsp3) is 0.867. The molecule has 0 aliphatic carbocycles. The summed E-state index contributed by atoms with van der Waals surface area (Å²) >= 11 is 0. The molecule has 2 rings (SSSR count). The Morgan fingerprint density at radius 2 is 2.10 bits per heavy atom. The van der Waals surface area contributed by atoms with E-state index in [1.54, 1.807) is 4.90 Å². The molecule has 0 saturated carbocycles. The van der Waals surface area contributed by atoms with Gasteiger partial charge >= 0.3 is 12.0 Å². The van der Waals surface area contributed by atoms with Gasteiger partial charge in [-0.15, -0.1) is 0 Å². The van der Waals surface area contributed by atoms with Crippen molar-refractivity contribution in [2.75, 3.05) is 32.8 Å². The van der Waals surface area contributed by atoms with E-state index in [0.29, 0.717) is 45.7 Å². The van der Waals surface area contributed by atoms with Gasteiger partial charge < -0.3 is 19.6 Å². The molecule has 0 aromatic heterocycles. The Morgan fingerprint density at radius 3 is 2.71 bits per heavy atom. The fourth-order valence-electron chi connectivity index (χ4n) is 3.34. The second-order valence-corrected chi connectivity index (χ2v) is 6.08. The molecule has 6 nitrogen and oxygen atoms in total. The van der Waals surface area contributed by atoms with Crippen molar-refractivity contribution < 1.29 is 19.4 Å². The monoisotopic (exact) mass is 298 g/mol. The zero-order valence-electron chi connectivity index (χ0n) is 13.0. The highest BCUT2D eigenvalue weighted by Crippen LogP contribution is 2.34. The molecule has 2 amide bonds. The number of rotatable bonds is 3. The van der Waals surface area contributed by atoms with Crippen LogP contribution in [0.4, 0.5) is 4.79 Å². The summed E-state index contributed by atoms with van der Waals surface area (Å²) in [6.45, 7) is 6.66. The number of likely N-dealkylation sites (tertiary alicyclic amines) is 1. The Balaban J connectivity index is 2.09. The summed E-state index contributed by atoms with van der Waals surface area (Å²) in [7, 11) is 0. The molecular formula is C15H26N2O4. The minimum Gasteiger partial charge on any atom is -0.481 e. The summed E-state index contributed by atoms with van der Waals surface area (Å²) in [4.78, 5) is 27.9. The number of ether oxygens (including phenoxy) is 1. The van der Waals surface area contributed by atoms with Gasteiger partial charge in [0, 0.05) is 19.6 Å². The molecule has 0 aromatic rings. The molecule has 2 atom stereocenters. The maximum Gasteiger partial charge on any atom is 0.320 e. The molecule has 6 heteroatoms. The van der Waals surface area contributed by atoms with Crippen LogP contribution in [0.25, 0.3) is 0 Å². The third-order valence-electron chi connectivity index (χ3n) is 4.92. The van der Waals surface area contributed by atoms with E-state index in [9.17, 15) is 14.7 Å². The van der Waals surface area contributed by atoms with Crippen molar-refractivity contribution in [3.63, 3.8) is 0 Å². The van der Waals surface area contributed by atoms with Gasteiger partial charge in [-0.25, -0.2) is 4.79 Å². The van der Waals surface area contributed by atoms with E-state index in [1.165, 1.54) is 0 Å². The van der Waals surface area contributed by atoms with E-state index in [4.69, 9.17) is 4.74 Å². The largest absolute Gasteiger partial charge is 0.481 e. The normalized spacial score (nSPS) is 30.3. The molecule has 0 radical (unpaired) electrons. The zero-order chi connectivity index (χ0) is 15.5. The van der Waals surface area contributed by atoms with Crippen molar-refractivity contribution in [1.82, 2.24) is 9.80 Å². The van der Waals surface area contributed by atoms with Gasteiger partial charge in [-0.2, -0.15) is 0 Å². The molecule has 2 unspecified atom stereocenters. The van der Waals surface area contributed by atoms with Gasteiger partial charge in [-0.1, -0.05) is 13.8 Å². The molecule has 2 aliphatic rings. The predicted octanol–water partition coefficient (Wildman–Crippen LogP) is 1.79. The van der Waals surface area contributed by atoms with Gasteiger partial charge in [-0.05, 0) is 25.7 Å². The Labute approximate surface area is 126 Å². The summed E-state index contributed by atoms with van der Waals surface area (Å²) < 4.78 is 5.43. The third-order valence-corrected chi connectivity index (χ3v) is 4.92. The Morgan fingerprint density at radius 1 is 1.33 bits per heavy atom. The SMILES string of the molecule is CCC1COCCN1C(=O)N1CCCC(CC)(C(=O)O)C1. The molecular weight excluding hydrogens is 272 g/mol. The van der Waals surface area contributed by atoms with E-state index < -0.39 is 11.4 Å². The van der Waals surface area contributed by atoms with Crippen molar-refractivity contribution in [3.8, 4) is 0 Å². The number of nitrogens with zero attached hydrogens (tertiary/aromatic N) is 2. The molecule has 0 spiro atoms. The lowest BCUT2D eigenvalue weighted by Gasteiger charge is -2.44. The van der Waals surface area contributed by atoms with Crippen LogP contribution >= 0.6 is 0 Å². The molecule has 2 heterocycles. The lowest BCUT2D eigenvalue weighted by molar-refractivity contribution is -0.152. The second kappa shape index (κ2) is 6.64. The molecule has 2 aliphatic heterocycles. The number of hydrogen-bond acceptors (Lipinski definition) is 3. The van der Waals surface area contributed by atoms with Crippen molar-refractivity contribution in [2.45, 2.75) is 45.6 Å². The van der Waals surface area contributed by atoms with Crippen molar-refractivity contribution in [3.05, 3.63) is 0 Å². The summed E-state index contributed by atoms with van der Waals surface area (Å²) in [5, 5.41) is 9.53. The van der Waals surface area contributed by atoms with Gasteiger partial charge in [0.15, 0.2) is 0 Å². The number of piperidine rings is 1. The van der Waals surface area contributed by atoms with Crippen LogP contribution in [0.15, 0.2) is 0 Å². The van der Waals surface area contributed by atoms with E-state index in [-0.39, 0.29) is 12.1 Å². The Kier molecular flexibility index (Phi) is 5.08. The number of hydrogen-bond donors (Lipinski definition) is 1. The number of carbonyl (C=O) groups is 2. The van der Waals surface area contributed by atoms with E-state index in [1.807, 2.05) is 18.7 Å². The van der Waals surface area contributed by atoms with Gasteiger partial charge in [-0.3, -0.25) is 4.79 Å². The smallest absolute Gasteiger partial charge is 0.320 e.